The molecule has 1 aliphatic heterocycles. The summed E-state index contributed by atoms with van der Waals surface area (Å²) < 4.78 is 1.70. The van der Waals surface area contributed by atoms with E-state index >= 15 is 0 Å². The van der Waals surface area contributed by atoms with Crippen molar-refractivity contribution in [3.05, 3.63) is 6.33 Å². The third-order valence-corrected chi connectivity index (χ3v) is 4.03. The predicted octanol–water partition coefficient (Wildman–Crippen LogP) is 0.916. The Labute approximate surface area is 99.2 Å². The third-order valence-electron chi connectivity index (χ3n) is 2.73. The molecule has 1 aliphatic rings. The van der Waals surface area contributed by atoms with E-state index in [0.717, 1.165) is 18.1 Å². The molecule has 0 aliphatic carbocycles. The lowest BCUT2D eigenvalue weighted by Crippen LogP contribution is -2.34. The first-order valence-corrected chi connectivity index (χ1v) is 6.28. The zero-order chi connectivity index (χ0) is 11.7. The second kappa shape index (κ2) is 4.45. The molecule has 1 unspecified atom stereocenters. The summed E-state index contributed by atoms with van der Waals surface area (Å²) in [5, 5.41) is 4.81. The number of aromatic nitrogens is 3. The molecular weight excluding hydrogens is 224 g/mol. The summed E-state index contributed by atoms with van der Waals surface area (Å²) in [7, 11) is 1.84. The second-order valence-corrected chi connectivity index (χ2v) is 5.36. The number of amides is 1. The van der Waals surface area contributed by atoms with Crippen molar-refractivity contribution in [1.29, 1.82) is 0 Å². The summed E-state index contributed by atoms with van der Waals surface area (Å²) in [4.78, 5) is 18.1. The number of thioether (sulfide) groups is 1. The van der Waals surface area contributed by atoms with Gasteiger partial charge < -0.3 is 4.90 Å². The molecule has 1 aromatic rings. The van der Waals surface area contributed by atoms with Crippen LogP contribution in [0.15, 0.2) is 11.5 Å². The van der Waals surface area contributed by atoms with Crippen molar-refractivity contribution >= 4 is 17.7 Å². The Morgan fingerprint density at radius 3 is 2.81 bits per heavy atom. The lowest BCUT2D eigenvalue weighted by molar-refractivity contribution is -0.128. The Morgan fingerprint density at radius 2 is 2.31 bits per heavy atom. The number of nitrogens with zero attached hydrogens (tertiary/aromatic N) is 4. The van der Waals surface area contributed by atoms with Crippen LogP contribution >= 0.6 is 11.8 Å². The van der Waals surface area contributed by atoms with Gasteiger partial charge in [0.05, 0.1) is 5.25 Å². The van der Waals surface area contributed by atoms with Gasteiger partial charge in [0.1, 0.15) is 6.33 Å². The fourth-order valence-electron chi connectivity index (χ4n) is 1.82. The SMILES string of the molecule is CC(C)N1CCC(Sc2ncnn2C)C1=O. The van der Waals surface area contributed by atoms with E-state index in [4.69, 9.17) is 0 Å². The van der Waals surface area contributed by atoms with Gasteiger partial charge >= 0.3 is 0 Å². The Balaban J connectivity index is 2.03. The van der Waals surface area contributed by atoms with Crippen LogP contribution in [0.4, 0.5) is 0 Å². The first-order chi connectivity index (χ1) is 7.59. The number of hydrogen-bond donors (Lipinski definition) is 0. The van der Waals surface area contributed by atoms with Crippen LogP contribution in [0.1, 0.15) is 20.3 Å². The van der Waals surface area contributed by atoms with Crippen LogP contribution in [0.25, 0.3) is 0 Å². The Kier molecular flexibility index (Phi) is 3.18. The average molecular weight is 240 g/mol. The fourth-order valence-corrected chi connectivity index (χ4v) is 2.84. The van der Waals surface area contributed by atoms with Gasteiger partial charge in [-0.1, -0.05) is 11.8 Å². The number of rotatable bonds is 3. The highest BCUT2D eigenvalue weighted by Crippen LogP contribution is 2.29. The van der Waals surface area contributed by atoms with Crippen LogP contribution in [0.3, 0.4) is 0 Å². The number of carbonyl (C=O) groups excluding carboxylic acids is 1. The lowest BCUT2D eigenvalue weighted by atomic mass is 10.3. The van der Waals surface area contributed by atoms with Crippen molar-refractivity contribution in [2.45, 2.75) is 36.7 Å². The van der Waals surface area contributed by atoms with Gasteiger partial charge in [0.15, 0.2) is 5.16 Å². The average Bonchev–Trinajstić information content (AvgIpc) is 2.76. The minimum Gasteiger partial charge on any atom is -0.339 e. The predicted molar refractivity (Wildman–Crippen MR) is 62.1 cm³/mol. The van der Waals surface area contributed by atoms with Crippen molar-refractivity contribution in [3.8, 4) is 0 Å². The van der Waals surface area contributed by atoms with Crippen LogP contribution in [0, 0.1) is 0 Å². The van der Waals surface area contributed by atoms with E-state index in [2.05, 4.69) is 10.1 Å². The highest BCUT2D eigenvalue weighted by Gasteiger charge is 2.34. The topological polar surface area (TPSA) is 51.0 Å². The van der Waals surface area contributed by atoms with Gasteiger partial charge in [-0.25, -0.2) is 9.67 Å². The summed E-state index contributed by atoms with van der Waals surface area (Å²) in [6.07, 6.45) is 2.41. The molecule has 1 amide bonds. The van der Waals surface area contributed by atoms with Crippen LogP contribution in [-0.4, -0.2) is 43.4 Å². The zero-order valence-electron chi connectivity index (χ0n) is 9.75. The molecule has 0 bridgehead atoms. The Hall–Kier alpha value is -1.04. The molecule has 16 heavy (non-hydrogen) atoms. The second-order valence-electron chi connectivity index (χ2n) is 4.19. The quantitative estimate of drug-likeness (QED) is 0.788. The van der Waals surface area contributed by atoms with E-state index in [1.54, 1.807) is 4.68 Å². The largest absolute Gasteiger partial charge is 0.339 e. The van der Waals surface area contributed by atoms with Gasteiger partial charge in [0.2, 0.25) is 5.91 Å². The maximum atomic E-state index is 12.0. The number of likely N-dealkylation sites (tertiary alicyclic amines) is 1. The highest BCUT2D eigenvalue weighted by atomic mass is 32.2. The minimum absolute atomic E-state index is 0.00491. The van der Waals surface area contributed by atoms with Gasteiger partial charge in [0.25, 0.3) is 0 Å². The lowest BCUT2D eigenvalue weighted by Gasteiger charge is -2.20. The van der Waals surface area contributed by atoms with Gasteiger partial charge in [-0.15, -0.1) is 0 Å². The summed E-state index contributed by atoms with van der Waals surface area (Å²) >= 11 is 1.51. The van der Waals surface area contributed by atoms with Crippen molar-refractivity contribution < 1.29 is 4.79 Å². The van der Waals surface area contributed by atoms with Gasteiger partial charge in [-0.2, -0.15) is 5.10 Å². The molecule has 0 spiro atoms. The fraction of sp³-hybridized carbons (Fsp3) is 0.700. The molecular formula is C10H16N4OS. The Bertz CT molecular complexity index is 390. The standard InChI is InChI=1S/C10H16N4OS/c1-7(2)14-5-4-8(9(14)15)16-10-11-6-12-13(10)3/h6-8H,4-5H2,1-3H3. The summed E-state index contributed by atoms with van der Waals surface area (Å²) in [5.74, 6) is 0.225. The first-order valence-electron chi connectivity index (χ1n) is 5.40. The molecule has 2 rings (SSSR count). The molecule has 6 heteroatoms. The molecule has 88 valence electrons. The minimum atomic E-state index is 0.00491. The summed E-state index contributed by atoms with van der Waals surface area (Å²) in [6.45, 7) is 4.95. The molecule has 5 nitrogen and oxygen atoms in total. The van der Waals surface area contributed by atoms with E-state index in [-0.39, 0.29) is 17.2 Å². The molecule has 1 fully saturated rings. The number of hydrogen-bond acceptors (Lipinski definition) is 4. The molecule has 0 aromatic carbocycles. The zero-order valence-corrected chi connectivity index (χ0v) is 10.6. The van der Waals surface area contributed by atoms with Gasteiger partial charge in [-0.05, 0) is 20.3 Å². The van der Waals surface area contributed by atoms with Crippen LogP contribution in [-0.2, 0) is 11.8 Å². The maximum Gasteiger partial charge on any atom is 0.236 e. The molecule has 1 aromatic heterocycles. The van der Waals surface area contributed by atoms with E-state index in [9.17, 15) is 4.79 Å². The highest BCUT2D eigenvalue weighted by molar-refractivity contribution is 8.00. The van der Waals surface area contributed by atoms with Crippen molar-refractivity contribution in [3.63, 3.8) is 0 Å². The van der Waals surface area contributed by atoms with Crippen molar-refractivity contribution in [2.24, 2.45) is 7.05 Å². The van der Waals surface area contributed by atoms with Crippen molar-refractivity contribution in [2.75, 3.05) is 6.54 Å². The number of aryl methyl sites for hydroxylation is 1. The Morgan fingerprint density at radius 1 is 1.56 bits per heavy atom. The monoisotopic (exact) mass is 240 g/mol. The summed E-state index contributed by atoms with van der Waals surface area (Å²) in [6, 6.07) is 0.289. The molecule has 0 N–H and O–H groups in total. The van der Waals surface area contributed by atoms with E-state index in [1.165, 1.54) is 18.1 Å². The van der Waals surface area contributed by atoms with E-state index < -0.39 is 0 Å². The third kappa shape index (κ3) is 2.07. The molecule has 0 saturated carbocycles. The van der Waals surface area contributed by atoms with Crippen LogP contribution < -0.4 is 0 Å². The smallest absolute Gasteiger partial charge is 0.236 e. The first kappa shape index (κ1) is 11.4. The molecule has 0 radical (unpaired) electrons. The molecule has 1 saturated heterocycles. The van der Waals surface area contributed by atoms with E-state index in [0.29, 0.717) is 0 Å². The van der Waals surface area contributed by atoms with Gasteiger partial charge in [0, 0.05) is 19.6 Å². The van der Waals surface area contributed by atoms with Crippen LogP contribution in [0.5, 0.6) is 0 Å². The summed E-state index contributed by atoms with van der Waals surface area (Å²) in [5.41, 5.74) is 0. The van der Waals surface area contributed by atoms with E-state index in [1.807, 2.05) is 25.8 Å². The molecule has 1 atom stereocenters. The normalized spacial score (nSPS) is 21.1. The van der Waals surface area contributed by atoms with Crippen molar-refractivity contribution in [1.82, 2.24) is 19.7 Å². The molecule has 2 heterocycles. The van der Waals surface area contributed by atoms with Crippen LogP contribution in [0.2, 0.25) is 0 Å². The maximum absolute atomic E-state index is 12.0. The van der Waals surface area contributed by atoms with Gasteiger partial charge in [-0.3, -0.25) is 4.79 Å². The number of carbonyl (C=O) groups is 1.